The smallest absolute Gasteiger partial charge is 0.281 e. The molecular formula is C33H34F9N. The molecule has 1 aliphatic heterocycles. The fourth-order valence-corrected chi connectivity index (χ4v) is 6.01. The third kappa shape index (κ3) is 8.13. The number of benzene rings is 3. The molecule has 3 unspecified atom stereocenters. The molecular weight excluding hydrogens is 581 g/mol. The van der Waals surface area contributed by atoms with Gasteiger partial charge >= 0.3 is 18.5 Å². The second-order valence-electron chi connectivity index (χ2n) is 11.9. The summed E-state index contributed by atoms with van der Waals surface area (Å²) in [5.41, 5.74) is 1.21. The fraction of sp³-hybridized carbons (Fsp3) is 0.455. The number of nitrogens with zero attached hydrogens (tertiary/aromatic N) is 1. The maximum atomic E-state index is 14.4. The number of rotatable bonds is 7. The molecule has 1 aliphatic rings. The van der Waals surface area contributed by atoms with Gasteiger partial charge < -0.3 is 0 Å². The second-order valence-corrected chi connectivity index (χ2v) is 11.9. The number of hydrogen-bond donors (Lipinski definition) is 0. The van der Waals surface area contributed by atoms with Gasteiger partial charge in [-0.3, -0.25) is 4.90 Å². The van der Waals surface area contributed by atoms with Crippen LogP contribution in [-0.2, 0) is 18.9 Å². The lowest BCUT2D eigenvalue weighted by atomic mass is 9.84. The van der Waals surface area contributed by atoms with Gasteiger partial charge in [0.15, 0.2) is 0 Å². The van der Waals surface area contributed by atoms with Gasteiger partial charge in [0.2, 0.25) is 0 Å². The minimum Gasteiger partial charge on any atom is -0.281 e. The van der Waals surface area contributed by atoms with Gasteiger partial charge in [-0.05, 0) is 95.7 Å². The summed E-state index contributed by atoms with van der Waals surface area (Å²) in [7, 11) is 0. The second kappa shape index (κ2) is 12.5. The first-order chi connectivity index (χ1) is 19.9. The highest BCUT2D eigenvalue weighted by Gasteiger charge is 2.47. The van der Waals surface area contributed by atoms with Gasteiger partial charge in [-0.25, -0.2) is 0 Å². The molecule has 4 rings (SSSR count). The van der Waals surface area contributed by atoms with Crippen molar-refractivity contribution in [2.75, 3.05) is 0 Å². The van der Waals surface area contributed by atoms with Gasteiger partial charge in [0.25, 0.3) is 0 Å². The standard InChI is InChI=1S/C33H34F9N/c1-20(2)15-21(3)24-16-25(23-9-13-28(14-10-23)32(37,38)39)18-26(17-24)29-5-4-6-30(33(40,41)42)43(29)19-22-7-11-27(12-8-22)31(34,35)36/h7-14,16-18,20-21,29-30H,4-6,15,19H2,1-3H3. The van der Waals surface area contributed by atoms with Gasteiger partial charge in [0, 0.05) is 12.6 Å². The lowest BCUT2D eigenvalue weighted by Gasteiger charge is -2.43. The summed E-state index contributed by atoms with van der Waals surface area (Å²) in [6.45, 7) is 5.90. The molecule has 1 saturated heterocycles. The van der Waals surface area contributed by atoms with Crippen molar-refractivity contribution in [1.82, 2.24) is 4.90 Å². The Labute approximate surface area is 245 Å². The fourth-order valence-electron chi connectivity index (χ4n) is 6.01. The molecule has 0 aliphatic carbocycles. The molecule has 0 saturated carbocycles. The molecule has 3 aromatic rings. The van der Waals surface area contributed by atoms with E-state index in [0.29, 0.717) is 41.0 Å². The summed E-state index contributed by atoms with van der Waals surface area (Å²) in [5.74, 6) is 0.354. The summed E-state index contributed by atoms with van der Waals surface area (Å²) in [5, 5.41) is 0. The molecule has 234 valence electrons. The topological polar surface area (TPSA) is 3.24 Å². The van der Waals surface area contributed by atoms with E-state index in [2.05, 4.69) is 13.8 Å². The Balaban J connectivity index is 1.79. The maximum Gasteiger partial charge on any atom is 0.416 e. The summed E-state index contributed by atoms with van der Waals surface area (Å²) in [6.07, 6.45) is -12.3. The molecule has 0 spiro atoms. The predicted molar refractivity (Wildman–Crippen MR) is 148 cm³/mol. The first kappa shape index (κ1) is 32.9. The first-order valence-corrected chi connectivity index (χ1v) is 14.2. The van der Waals surface area contributed by atoms with Gasteiger partial charge in [0.05, 0.1) is 11.1 Å². The Hall–Kier alpha value is -3.01. The van der Waals surface area contributed by atoms with E-state index in [4.69, 9.17) is 0 Å². The highest BCUT2D eigenvalue weighted by atomic mass is 19.4. The SMILES string of the molecule is CC(C)CC(C)c1cc(-c2ccc(C(F)(F)F)cc2)cc(C2CCCC(C(F)(F)F)N2Cc2ccc(C(F)(F)F)cc2)c1. The monoisotopic (exact) mass is 615 g/mol. The van der Waals surface area contributed by atoms with Crippen LogP contribution in [0.5, 0.6) is 0 Å². The average Bonchev–Trinajstić information content (AvgIpc) is 2.91. The van der Waals surface area contributed by atoms with Gasteiger partial charge in [-0.15, -0.1) is 0 Å². The van der Waals surface area contributed by atoms with E-state index in [1.807, 2.05) is 19.1 Å². The van der Waals surface area contributed by atoms with Crippen LogP contribution in [0.25, 0.3) is 11.1 Å². The van der Waals surface area contributed by atoms with Crippen LogP contribution in [0.3, 0.4) is 0 Å². The van der Waals surface area contributed by atoms with Crippen molar-refractivity contribution >= 4 is 0 Å². The Morgan fingerprint density at radius 3 is 1.77 bits per heavy atom. The maximum absolute atomic E-state index is 14.4. The molecule has 3 atom stereocenters. The number of hydrogen-bond acceptors (Lipinski definition) is 1. The van der Waals surface area contributed by atoms with Crippen LogP contribution in [0.4, 0.5) is 39.5 Å². The summed E-state index contributed by atoms with van der Waals surface area (Å²) >= 11 is 0. The lowest BCUT2D eigenvalue weighted by molar-refractivity contribution is -0.201. The molecule has 3 aromatic carbocycles. The van der Waals surface area contributed by atoms with E-state index in [-0.39, 0.29) is 18.9 Å². The van der Waals surface area contributed by atoms with Gasteiger partial charge in [-0.1, -0.05) is 57.2 Å². The molecule has 43 heavy (non-hydrogen) atoms. The third-order valence-electron chi connectivity index (χ3n) is 8.08. The normalized spacial score (nSPS) is 19.6. The summed E-state index contributed by atoms with van der Waals surface area (Å²) in [6, 6.07) is 11.8. The van der Waals surface area contributed by atoms with Crippen molar-refractivity contribution in [2.24, 2.45) is 5.92 Å². The van der Waals surface area contributed by atoms with Crippen molar-refractivity contribution in [3.05, 3.63) is 94.5 Å². The number of likely N-dealkylation sites (tertiary alicyclic amines) is 1. The molecule has 0 bridgehead atoms. The molecule has 1 nitrogen and oxygen atoms in total. The zero-order valence-electron chi connectivity index (χ0n) is 24.0. The quantitative estimate of drug-likeness (QED) is 0.239. The summed E-state index contributed by atoms with van der Waals surface area (Å²) < 4.78 is 122. The largest absolute Gasteiger partial charge is 0.416 e. The van der Waals surface area contributed by atoms with Gasteiger partial charge in [0.1, 0.15) is 6.04 Å². The summed E-state index contributed by atoms with van der Waals surface area (Å²) in [4.78, 5) is 1.31. The van der Waals surface area contributed by atoms with Crippen LogP contribution in [0, 0.1) is 5.92 Å². The highest BCUT2D eigenvalue weighted by molar-refractivity contribution is 5.66. The van der Waals surface area contributed by atoms with Gasteiger partial charge in [-0.2, -0.15) is 39.5 Å². The molecule has 10 heteroatoms. The predicted octanol–water partition coefficient (Wildman–Crippen LogP) is 11.2. The van der Waals surface area contributed by atoms with E-state index in [0.717, 1.165) is 36.2 Å². The molecule has 0 radical (unpaired) electrons. The highest BCUT2D eigenvalue weighted by Crippen LogP contribution is 2.44. The average molecular weight is 616 g/mol. The zero-order valence-corrected chi connectivity index (χ0v) is 24.0. The Bertz CT molecular complexity index is 1350. The van der Waals surface area contributed by atoms with Crippen molar-refractivity contribution < 1.29 is 39.5 Å². The van der Waals surface area contributed by atoms with Crippen LogP contribution >= 0.6 is 0 Å². The van der Waals surface area contributed by atoms with E-state index < -0.39 is 41.7 Å². The van der Waals surface area contributed by atoms with Crippen molar-refractivity contribution in [2.45, 2.75) is 89.5 Å². The Morgan fingerprint density at radius 1 is 0.698 bits per heavy atom. The Morgan fingerprint density at radius 2 is 1.26 bits per heavy atom. The number of halogens is 9. The number of piperidine rings is 1. The first-order valence-electron chi connectivity index (χ1n) is 14.2. The third-order valence-corrected chi connectivity index (χ3v) is 8.08. The van der Waals surface area contributed by atoms with E-state index >= 15 is 0 Å². The molecule has 0 amide bonds. The van der Waals surface area contributed by atoms with E-state index in [9.17, 15) is 39.5 Å². The molecule has 1 heterocycles. The van der Waals surface area contributed by atoms with Crippen LogP contribution in [-0.4, -0.2) is 17.1 Å². The number of alkyl halides is 9. The minimum atomic E-state index is -4.57. The minimum absolute atomic E-state index is 0.0264. The van der Waals surface area contributed by atoms with Crippen molar-refractivity contribution in [3.8, 4) is 11.1 Å². The van der Waals surface area contributed by atoms with Crippen LogP contribution in [0.15, 0.2) is 66.7 Å². The molecule has 1 fully saturated rings. The van der Waals surface area contributed by atoms with Crippen molar-refractivity contribution in [1.29, 1.82) is 0 Å². The lowest BCUT2D eigenvalue weighted by Crippen LogP contribution is -2.49. The zero-order chi connectivity index (χ0) is 31.7. The molecule has 0 N–H and O–H groups in total. The van der Waals surface area contributed by atoms with Crippen LogP contribution < -0.4 is 0 Å². The van der Waals surface area contributed by atoms with Crippen LogP contribution in [0.2, 0.25) is 0 Å². The van der Waals surface area contributed by atoms with E-state index in [1.165, 1.54) is 29.2 Å². The van der Waals surface area contributed by atoms with Crippen molar-refractivity contribution in [3.63, 3.8) is 0 Å². The molecule has 0 aromatic heterocycles. The van der Waals surface area contributed by atoms with Crippen LogP contribution in [0.1, 0.15) is 86.2 Å². The Kier molecular flexibility index (Phi) is 9.59. The van der Waals surface area contributed by atoms with E-state index in [1.54, 1.807) is 6.07 Å².